The molecule has 1 aromatic heterocycles. The number of hydrogen-bond donors (Lipinski definition) is 1. The van der Waals surface area contributed by atoms with Gasteiger partial charge in [0.25, 0.3) is 5.91 Å². The standard InChI is InChI=1S/C15H20N2O3/c1-5-15(2,3)17(4)14(20)13-11(7-6-10-16-13)8-9-12(18)19/h6-10H,5H2,1-4H3,(H,18,19)/b9-8+. The van der Waals surface area contributed by atoms with Crippen molar-refractivity contribution < 1.29 is 14.7 Å². The number of aliphatic carboxylic acids is 1. The van der Waals surface area contributed by atoms with Crippen LogP contribution in [0.2, 0.25) is 0 Å². The molecule has 1 rings (SSSR count). The predicted molar refractivity (Wildman–Crippen MR) is 77.4 cm³/mol. The minimum absolute atomic E-state index is 0.220. The number of amides is 1. The summed E-state index contributed by atoms with van der Waals surface area (Å²) in [6.45, 7) is 5.95. The molecule has 5 nitrogen and oxygen atoms in total. The Morgan fingerprint density at radius 3 is 2.65 bits per heavy atom. The van der Waals surface area contributed by atoms with Crippen molar-refractivity contribution in [3.05, 3.63) is 35.7 Å². The van der Waals surface area contributed by atoms with Crippen molar-refractivity contribution in [3.63, 3.8) is 0 Å². The smallest absolute Gasteiger partial charge is 0.328 e. The van der Waals surface area contributed by atoms with E-state index in [1.54, 1.807) is 24.1 Å². The molecule has 0 atom stereocenters. The topological polar surface area (TPSA) is 70.5 Å². The summed E-state index contributed by atoms with van der Waals surface area (Å²) in [5.41, 5.74) is 0.468. The Bertz CT molecular complexity index is 536. The lowest BCUT2D eigenvalue weighted by Crippen LogP contribution is -2.45. The van der Waals surface area contributed by atoms with Gasteiger partial charge in [-0.1, -0.05) is 13.0 Å². The van der Waals surface area contributed by atoms with Gasteiger partial charge in [-0.15, -0.1) is 0 Å². The molecule has 108 valence electrons. The van der Waals surface area contributed by atoms with Crippen LogP contribution < -0.4 is 0 Å². The molecule has 0 spiro atoms. The van der Waals surface area contributed by atoms with Crippen LogP contribution in [-0.4, -0.2) is 39.5 Å². The van der Waals surface area contributed by atoms with Gasteiger partial charge in [-0.25, -0.2) is 4.79 Å². The lowest BCUT2D eigenvalue weighted by molar-refractivity contribution is -0.131. The molecule has 5 heteroatoms. The van der Waals surface area contributed by atoms with E-state index in [1.165, 1.54) is 12.3 Å². The molecule has 0 aliphatic heterocycles. The molecule has 0 aromatic carbocycles. The van der Waals surface area contributed by atoms with Crippen molar-refractivity contribution in [3.8, 4) is 0 Å². The zero-order chi connectivity index (χ0) is 15.3. The first kappa shape index (κ1) is 15.9. The zero-order valence-electron chi connectivity index (χ0n) is 12.3. The van der Waals surface area contributed by atoms with Crippen LogP contribution in [0.5, 0.6) is 0 Å². The van der Waals surface area contributed by atoms with Crippen LogP contribution in [0.25, 0.3) is 6.08 Å². The van der Waals surface area contributed by atoms with Gasteiger partial charge in [-0.05, 0) is 32.4 Å². The first-order valence-corrected chi connectivity index (χ1v) is 6.43. The molecule has 0 aliphatic carbocycles. The van der Waals surface area contributed by atoms with E-state index in [0.29, 0.717) is 5.56 Å². The molecule has 1 amide bonds. The highest BCUT2D eigenvalue weighted by molar-refractivity contribution is 5.97. The van der Waals surface area contributed by atoms with Gasteiger partial charge in [-0.2, -0.15) is 0 Å². The van der Waals surface area contributed by atoms with Gasteiger partial charge in [0.2, 0.25) is 0 Å². The van der Waals surface area contributed by atoms with Crippen LogP contribution >= 0.6 is 0 Å². The molecular weight excluding hydrogens is 256 g/mol. The summed E-state index contributed by atoms with van der Waals surface area (Å²) >= 11 is 0. The first-order valence-electron chi connectivity index (χ1n) is 6.43. The number of hydrogen-bond acceptors (Lipinski definition) is 3. The predicted octanol–water partition coefficient (Wildman–Crippen LogP) is 2.44. The molecule has 0 fully saturated rings. The average Bonchev–Trinajstić information content (AvgIpc) is 2.43. The molecule has 0 saturated heterocycles. The van der Waals surface area contributed by atoms with Crippen molar-refractivity contribution in [2.24, 2.45) is 0 Å². The fraction of sp³-hybridized carbons (Fsp3) is 0.400. The molecule has 0 radical (unpaired) electrons. The molecular formula is C15H20N2O3. The van der Waals surface area contributed by atoms with E-state index in [2.05, 4.69) is 4.98 Å². The van der Waals surface area contributed by atoms with Crippen molar-refractivity contribution >= 4 is 18.0 Å². The zero-order valence-corrected chi connectivity index (χ0v) is 12.3. The third kappa shape index (κ3) is 3.66. The SMILES string of the molecule is CCC(C)(C)N(C)C(=O)c1ncccc1/C=C/C(=O)O. The molecule has 0 aliphatic rings. The number of carboxylic acid groups (broad SMARTS) is 1. The Hall–Kier alpha value is -2.17. The van der Waals surface area contributed by atoms with E-state index in [9.17, 15) is 9.59 Å². The average molecular weight is 276 g/mol. The van der Waals surface area contributed by atoms with Crippen molar-refractivity contribution in [1.29, 1.82) is 0 Å². The molecule has 1 aromatic rings. The molecule has 20 heavy (non-hydrogen) atoms. The van der Waals surface area contributed by atoms with Crippen molar-refractivity contribution in [2.45, 2.75) is 32.7 Å². The Morgan fingerprint density at radius 1 is 1.45 bits per heavy atom. The minimum Gasteiger partial charge on any atom is -0.478 e. The number of pyridine rings is 1. The number of aromatic nitrogens is 1. The van der Waals surface area contributed by atoms with E-state index >= 15 is 0 Å². The Balaban J connectivity index is 3.14. The quantitative estimate of drug-likeness (QED) is 0.838. The number of nitrogens with zero attached hydrogens (tertiary/aromatic N) is 2. The monoisotopic (exact) mass is 276 g/mol. The fourth-order valence-corrected chi connectivity index (χ4v) is 1.56. The van der Waals surface area contributed by atoms with Gasteiger partial charge in [0.1, 0.15) is 5.69 Å². The normalized spacial score (nSPS) is 11.6. The van der Waals surface area contributed by atoms with Crippen molar-refractivity contribution in [1.82, 2.24) is 9.88 Å². The second-order valence-electron chi connectivity index (χ2n) is 5.14. The van der Waals surface area contributed by atoms with Gasteiger partial charge in [-0.3, -0.25) is 9.78 Å². The summed E-state index contributed by atoms with van der Waals surface area (Å²) in [7, 11) is 1.73. The lowest BCUT2D eigenvalue weighted by Gasteiger charge is -2.34. The number of carboxylic acids is 1. The van der Waals surface area contributed by atoms with Crippen LogP contribution in [0.4, 0.5) is 0 Å². The Kier molecular flexibility index (Phi) is 5.02. The van der Waals surface area contributed by atoms with Gasteiger partial charge < -0.3 is 10.0 Å². The fourth-order valence-electron chi connectivity index (χ4n) is 1.56. The van der Waals surface area contributed by atoms with Crippen molar-refractivity contribution in [2.75, 3.05) is 7.05 Å². The first-order chi connectivity index (χ1) is 9.29. The van der Waals surface area contributed by atoms with E-state index in [0.717, 1.165) is 12.5 Å². The third-order valence-corrected chi connectivity index (χ3v) is 3.52. The number of carbonyl (C=O) groups excluding carboxylic acids is 1. The van der Waals surface area contributed by atoms with E-state index in [-0.39, 0.29) is 17.1 Å². The molecule has 0 bridgehead atoms. The van der Waals surface area contributed by atoms with Gasteiger partial charge in [0, 0.05) is 30.4 Å². The van der Waals surface area contributed by atoms with Gasteiger partial charge in [0.05, 0.1) is 0 Å². The van der Waals surface area contributed by atoms with Gasteiger partial charge in [0.15, 0.2) is 0 Å². The third-order valence-electron chi connectivity index (χ3n) is 3.52. The van der Waals surface area contributed by atoms with Crippen LogP contribution in [0, 0.1) is 0 Å². The molecule has 0 unspecified atom stereocenters. The second-order valence-corrected chi connectivity index (χ2v) is 5.14. The maximum atomic E-state index is 12.5. The summed E-state index contributed by atoms with van der Waals surface area (Å²) in [5.74, 6) is -1.28. The lowest BCUT2D eigenvalue weighted by atomic mass is 9.99. The maximum absolute atomic E-state index is 12.5. The van der Waals surface area contributed by atoms with Crippen LogP contribution in [0.15, 0.2) is 24.4 Å². The van der Waals surface area contributed by atoms with Crippen LogP contribution in [0.3, 0.4) is 0 Å². The summed E-state index contributed by atoms with van der Waals surface area (Å²) in [4.78, 5) is 28.8. The Labute approximate surface area is 118 Å². The van der Waals surface area contributed by atoms with E-state index in [4.69, 9.17) is 5.11 Å². The Morgan fingerprint density at radius 2 is 2.10 bits per heavy atom. The number of rotatable bonds is 5. The van der Waals surface area contributed by atoms with Crippen LogP contribution in [0.1, 0.15) is 43.2 Å². The highest BCUT2D eigenvalue weighted by atomic mass is 16.4. The summed E-state index contributed by atoms with van der Waals surface area (Å²) < 4.78 is 0. The highest BCUT2D eigenvalue weighted by Gasteiger charge is 2.28. The van der Waals surface area contributed by atoms with Gasteiger partial charge >= 0.3 is 5.97 Å². The molecule has 0 saturated carbocycles. The second kappa shape index (κ2) is 6.32. The number of carbonyl (C=O) groups is 2. The van der Waals surface area contributed by atoms with Crippen LogP contribution in [-0.2, 0) is 4.79 Å². The largest absolute Gasteiger partial charge is 0.478 e. The van der Waals surface area contributed by atoms with E-state index in [1.807, 2.05) is 20.8 Å². The summed E-state index contributed by atoms with van der Waals surface area (Å²) in [6.07, 6.45) is 4.72. The molecule has 1 N–H and O–H groups in total. The van der Waals surface area contributed by atoms with E-state index < -0.39 is 5.97 Å². The summed E-state index contributed by atoms with van der Waals surface area (Å²) in [6, 6.07) is 3.34. The highest BCUT2D eigenvalue weighted by Crippen LogP contribution is 2.20. The summed E-state index contributed by atoms with van der Waals surface area (Å²) in [5, 5.41) is 8.68. The molecule has 1 heterocycles. The maximum Gasteiger partial charge on any atom is 0.328 e. The minimum atomic E-state index is -1.06.